The minimum atomic E-state index is -0.537. The molecule has 2 aromatic carbocycles. The largest absolute Gasteiger partial charge is 0.464 e. The number of esters is 1. The number of benzene rings is 2. The summed E-state index contributed by atoms with van der Waals surface area (Å²) in [6.45, 7) is 0. The summed E-state index contributed by atoms with van der Waals surface area (Å²) in [5.74, 6) is -0.775. The number of amides is 1. The van der Waals surface area contributed by atoms with Gasteiger partial charge in [0.15, 0.2) is 5.69 Å². The van der Waals surface area contributed by atoms with Gasteiger partial charge in [0.2, 0.25) is 0 Å². The highest BCUT2D eigenvalue weighted by molar-refractivity contribution is 7.16. The molecule has 1 amide bonds. The van der Waals surface area contributed by atoms with Crippen LogP contribution in [0.5, 0.6) is 0 Å². The van der Waals surface area contributed by atoms with Crippen molar-refractivity contribution in [2.24, 2.45) is 0 Å². The number of aromatic amines is 1. The van der Waals surface area contributed by atoms with Crippen molar-refractivity contribution in [1.82, 2.24) is 15.2 Å². The molecule has 25 heavy (non-hydrogen) atoms. The Labute approximate surface area is 145 Å². The van der Waals surface area contributed by atoms with Crippen LogP contribution in [0.2, 0.25) is 0 Å². The molecule has 0 fully saturated rings. The molecule has 0 atom stereocenters. The lowest BCUT2D eigenvalue weighted by Gasteiger charge is -2.06. The Morgan fingerprint density at radius 3 is 2.92 bits per heavy atom. The Kier molecular flexibility index (Phi) is 3.66. The van der Waals surface area contributed by atoms with E-state index >= 15 is 0 Å². The van der Waals surface area contributed by atoms with Crippen molar-refractivity contribution in [3.63, 3.8) is 0 Å². The summed E-state index contributed by atoms with van der Waals surface area (Å²) >= 11 is 1.48. The molecule has 2 N–H and O–H groups in total. The van der Waals surface area contributed by atoms with Crippen molar-refractivity contribution in [3.8, 4) is 0 Å². The number of methoxy groups -OCH3 is 1. The Bertz CT molecular complexity index is 1120. The topological polar surface area (TPSA) is 97.0 Å². The van der Waals surface area contributed by atoms with Gasteiger partial charge in [0.25, 0.3) is 5.91 Å². The van der Waals surface area contributed by atoms with E-state index in [4.69, 9.17) is 4.74 Å². The summed E-state index contributed by atoms with van der Waals surface area (Å²) in [6, 6.07) is 10.5. The lowest BCUT2D eigenvalue weighted by Crippen LogP contribution is -2.11. The summed E-state index contributed by atoms with van der Waals surface area (Å²) < 4.78 is 5.66. The minimum Gasteiger partial charge on any atom is -0.464 e. The van der Waals surface area contributed by atoms with Gasteiger partial charge in [0, 0.05) is 16.6 Å². The monoisotopic (exact) mass is 352 g/mol. The van der Waals surface area contributed by atoms with Crippen LogP contribution in [0.15, 0.2) is 41.9 Å². The van der Waals surface area contributed by atoms with Crippen LogP contribution in [0.25, 0.3) is 21.1 Å². The molecule has 2 aromatic heterocycles. The van der Waals surface area contributed by atoms with E-state index in [9.17, 15) is 9.59 Å². The van der Waals surface area contributed by atoms with Gasteiger partial charge in [-0.25, -0.2) is 9.78 Å². The molecule has 4 rings (SSSR count). The minimum absolute atomic E-state index is 0.180. The number of hydrogen-bond donors (Lipinski definition) is 2. The molecule has 124 valence electrons. The van der Waals surface area contributed by atoms with Gasteiger partial charge in [-0.2, -0.15) is 5.10 Å². The molecule has 4 aromatic rings. The van der Waals surface area contributed by atoms with Crippen LogP contribution in [0.3, 0.4) is 0 Å². The van der Waals surface area contributed by atoms with Crippen LogP contribution in [-0.4, -0.2) is 34.2 Å². The fraction of sp³-hybridized carbons (Fsp3) is 0.0588. The highest BCUT2D eigenvalue weighted by Crippen LogP contribution is 2.23. The predicted octanol–water partition coefficient (Wildman–Crippen LogP) is 3.21. The van der Waals surface area contributed by atoms with Gasteiger partial charge in [0.05, 0.1) is 28.4 Å². The van der Waals surface area contributed by atoms with E-state index in [1.165, 1.54) is 18.4 Å². The molecule has 0 unspecified atom stereocenters. The Hall–Kier alpha value is -3.26. The molecule has 0 saturated carbocycles. The van der Waals surface area contributed by atoms with E-state index in [2.05, 4.69) is 20.5 Å². The number of aromatic nitrogens is 3. The number of nitrogens with one attached hydrogen (secondary N) is 2. The third-order valence-electron chi connectivity index (χ3n) is 3.79. The Balaban J connectivity index is 1.65. The Morgan fingerprint density at radius 2 is 2.08 bits per heavy atom. The van der Waals surface area contributed by atoms with Gasteiger partial charge in [-0.1, -0.05) is 0 Å². The van der Waals surface area contributed by atoms with Gasteiger partial charge < -0.3 is 10.1 Å². The molecule has 2 heterocycles. The molecule has 0 radical (unpaired) electrons. The van der Waals surface area contributed by atoms with E-state index in [-0.39, 0.29) is 11.6 Å². The van der Waals surface area contributed by atoms with E-state index in [1.807, 2.05) is 6.07 Å². The maximum Gasteiger partial charge on any atom is 0.359 e. The maximum absolute atomic E-state index is 12.5. The lowest BCUT2D eigenvalue weighted by molar-refractivity contribution is 0.0596. The number of rotatable bonds is 3. The van der Waals surface area contributed by atoms with Crippen LogP contribution >= 0.6 is 11.3 Å². The number of anilines is 1. The first-order valence-corrected chi connectivity index (χ1v) is 8.25. The summed E-state index contributed by atoms with van der Waals surface area (Å²) in [5.41, 5.74) is 4.58. The number of hydrogen-bond acceptors (Lipinski definition) is 6. The summed E-state index contributed by atoms with van der Waals surface area (Å²) in [6.07, 6.45) is 0. The van der Waals surface area contributed by atoms with E-state index in [1.54, 1.807) is 35.8 Å². The zero-order chi connectivity index (χ0) is 17.4. The maximum atomic E-state index is 12.5. The normalized spacial score (nSPS) is 10.9. The molecule has 7 nitrogen and oxygen atoms in total. The van der Waals surface area contributed by atoms with E-state index in [0.29, 0.717) is 22.2 Å². The number of fused-ring (bicyclic) bond motifs is 2. The van der Waals surface area contributed by atoms with Crippen molar-refractivity contribution in [3.05, 3.63) is 53.2 Å². The SMILES string of the molecule is COC(=O)c1n[nH]c2ccc(NC(=O)c3ccc4ncsc4c3)cc12. The van der Waals surface area contributed by atoms with E-state index < -0.39 is 5.97 Å². The van der Waals surface area contributed by atoms with Gasteiger partial charge in [-0.15, -0.1) is 11.3 Å². The molecular weight excluding hydrogens is 340 g/mol. The first-order chi connectivity index (χ1) is 12.2. The number of nitrogens with zero attached hydrogens (tertiary/aromatic N) is 2. The van der Waals surface area contributed by atoms with Crippen LogP contribution in [-0.2, 0) is 4.74 Å². The molecule has 0 aliphatic carbocycles. The fourth-order valence-corrected chi connectivity index (χ4v) is 3.26. The molecule has 0 bridgehead atoms. The number of ether oxygens (including phenoxy) is 1. The Morgan fingerprint density at radius 1 is 1.20 bits per heavy atom. The average molecular weight is 352 g/mol. The second-order valence-electron chi connectivity index (χ2n) is 5.31. The smallest absolute Gasteiger partial charge is 0.359 e. The predicted molar refractivity (Wildman–Crippen MR) is 95.0 cm³/mol. The van der Waals surface area contributed by atoms with Crippen LogP contribution < -0.4 is 5.32 Å². The number of H-pyrrole nitrogens is 1. The molecule has 0 spiro atoms. The molecule has 8 heteroatoms. The highest BCUT2D eigenvalue weighted by Gasteiger charge is 2.15. The van der Waals surface area contributed by atoms with Crippen molar-refractivity contribution in [2.75, 3.05) is 12.4 Å². The van der Waals surface area contributed by atoms with Crippen molar-refractivity contribution in [1.29, 1.82) is 0 Å². The summed E-state index contributed by atoms with van der Waals surface area (Å²) in [4.78, 5) is 28.4. The summed E-state index contributed by atoms with van der Waals surface area (Å²) in [5, 5.41) is 10.1. The van der Waals surface area contributed by atoms with Crippen molar-refractivity contribution in [2.45, 2.75) is 0 Å². The fourth-order valence-electron chi connectivity index (χ4n) is 2.54. The second-order valence-corrected chi connectivity index (χ2v) is 6.20. The number of thiazole rings is 1. The van der Waals surface area contributed by atoms with Crippen molar-refractivity contribution < 1.29 is 14.3 Å². The first-order valence-electron chi connectivity index (χ1n) is 7.37. The summed E-state index contributed by atoms with van der Waals surface area (Å²) in [7, 11) is 1.30. The zero-order valence-corrected chi connectivity index (χ0v) is 13.9. The number of carbonyl (C=O) groups excluding carboxylic acids is 2. The lowest BCUT2D eigenvalue weighted by atomic mass is 10.1. The first kappa shape index (κ1) is 15.3. The van der Waals surface area contributed by atoms with Gasteiger partial charge >= 0.3 is 5.97 Å². The van der Waals surface area contributed by atoms with Crippen LogP contribution in [0, 0.1) is 0 Å². The van der Waals surface area contributed by atoms with E-state index in [0.717, 1.165) is 10.2 Å². The van der Waals surface area contributed by atoms with Gasteiger partial charge in [0.1, 0.15) is 0 Å². The van der Waals surface area contributed by atoms with Crippen LogP contribution in [0.1, 0.15) is 20.8 Å². The third kappa shape index (κ3) is 2.72. The third-order valence-corrected chi connectivity index (χ3v) is 4.58. The van der Waals surface area contributed by atoms with Crippen LogP contribution in [0.4, 0.5) is 5.69 Å². The standard InChI is InChI=1S/C17H12N4O3S/c1-24-17(23)15-11-7-10(3-5-12(11)20-21-15)19-16(22)9-2-4-13-14(6-9)25-8-18-13/h2-8H,1H3,(H,19,22)(H,20,21). The quantitative estimate of drug-likeness (QED) is 0.552. The van der Waals surface area contributed by atoms with Crippen molar-refractivity contribution >= 4 is 50.0 Å². The second kappa shape index (κ2) is 5.99. The molecular formula is C17H12N4O3S. The number of carbonyl (C=O) groups is 2. The molecule has 0 saturated heterocycles. The molecule has 0 aliphatic rings. The van der Waals surface area contributed by atoms with Gasteiger partial charge in [-0.3, -0.25) is 9.89 Å². The zero-order valence-electron chi connectivity index (χ0n) is 13.1. The van der Waals surface area contributed by atoms with Gasteiger partial charge in [-0.05, 0) is 36.4 Å². The highest BCUT2D eigenvalue weighted by atomic mass is 32.1. The average Bonchev–Trinajstić information content (AvgIpc) is 3.26. The molecule has 0 aliphatic heterocycles.